The summed E-state index contributed by atoms with van der Waals surface area (Å²) in [5.74, 6) is 0.463. The van der Waals surface area contributed by atoms with Gasteiger partial charge in [0.1, 0.15) is 0 Å². The van der Waals surface area contributed by atoms with Crippen LogP contribution in [0.1, 0.15) is 18.1 Å². The van der Waals surface area contributed by atoms with E-state index in [1.807, 2.05) is 19.1 Å². The first-order valence-electron chi connectivity index (χ1n) is 7.95. The predicted molar refractivity (Wildman–Crippen MR) is 96.9 cm³/mol. The highest BCUT2D eigenvalue weighted by Gasteiger charge is 2.04. The zero-order valence-corrected chi connectivity index (χ0v) is 14.0. The lowest BCUT2D eigenvalue weighted by molar-refractivity contribution is -0.115. The number of amides is 1. The molecule has 1 heterocycles. The molecule has 2 aromatic rings. The summed E-state index contributed by atoms with van der Waals surface area (Å²) < 4.78 is 0. The smallest absolute Gasteiger partial charge is 0.243 e. The third-order valence-corrected chi connectivity index (χ3v) is 3.21. The van der Waals surface area contributed by atoms with Crippen molar-refractivity contribution in [3.05, 3.63) is 59.9 Å². The van der Waals surface area contributed by atoms with E-state index in [1.165, 1.54) is 5.56 Å². The van der Waals surface area contributed by atoms with E-state index < -0.39 is 0 Å². The maximum absolute atomic E-state index is 12.0. The second-order valence-corrected chi connectivity index (χ2v) is 5.33. The highest BCUT2D eigenvalue weighted by molar-refractivity contribution is 5.94. The van der Waals surface area contributed by atoms with Crippen LogP contribution >= 0.6 is 0 Å². The largest absolute Gasteiger partial charge is 0.357 e. The van der Waals surface area contributed by atoms with Crippen LogP contribution in [0.15, 0.2) is 53.8 Å². The predicted octanol–water partition coefficient (Wildman–Crippen LogP) is 2.08. The SMILES string of the molecule is CCNC(=NCc1cccc(C)c1)NCC(=O)Nc1cccnc1. The molecule has 0 unspecified atom stereocenters. The summed E-state index contributed by atoms with van der Waals surface area (Å²) in [7, 11) is 0. The van der Waals surface area contributed by atoms with Crippen molar-refractivity contribution in [3.8, 4) is 0 Å². The molecule has 126 valence electrons. The number of carbonyl (C=O) groups excluding carboxylic acids is 1. The molecule has 0 aliphatic rings. The number of anilines is 1. The van der Waals surface area contributed by atoms with Crippen LogP contribution < -0.4 is 16.0 Å². The Morgan fingerprint density at radius 1 is 1.21 bits per heavy atom. The van der Waals surface area contributed by atoms with Crippen LogP contribution in [0.25, 0.3) is 0 Å². The molecule has 0 radical (unpaired) electrons. The summed E-state index contributed by atoms with van der Waals surface area (Å²) in [5, 5.41) is 8.94. The summed E-state index contributed by atoms with van der Waals surface area (Å²) >= 11 is 0. The summed E-state index contributed by atoms with van der Waals surface area (Å²) in [4.78, 5) is 20.4. The summed E-state index contributed by atoms with van der Waals surface area (Å²) in [6, 6.07) is 11.8. The Morgan fingerprint density at radius 2 is 2.08 bits per heavy atom. The third-order valence-electron chi connectivity index (χ3n) is 3.21. The molecule has 0 aliphatic heterocycles. The zero-order valence-electron chi connectivity index (χ0n) is 14.0. The van der Waals surface area contributed by atoms with Crippen molar-refractivity contribution in [2.24, 2.45) is 4.99 Å². The second kappa shape index (κ2) is 9.29. The Morgan fingerprint density at radius 3 is 2.79 bits per heavy atom. The van der Waals surface area contributed by atoms with Gasteiger partial charge in [0.05, 0.1) is 25.0 Å². The Labute approximate surface area is 142 Å². The van der Waals surface area contributed by atoms with Gasteiger partial charge in [-0.2, -0.15) is 0 Å². The fourth-order valence-corrected chi connectivity index (χ4v) is 2.13. The Kier molecular flexibility index (Phi) is 6.76. The molecule has 0 saturated carbocycles. The van der Waals surface area contributed by atoms with Gasteiger partial charge in [0.2, 0.25) is 5.91 Å². The first kappa shape index (κ1) is 17.5. The molecule has 0 bridgehead atoms. The molecule has 6 nitrogen and oxygen atoms in total. The van der Waals surface area contributed by atoms with E-state index >= 15 is 0 Å². The molecular weight excluding hydrogens is 302 g/mol. The molecule has 6 heteroatoms. The van der Waals surface area contributed by atoms with Gasteiger partial charge in [-0.3, -0.25) is 9.78 Å². The fourth-order valence-electron chi connectivity index (χ4n) is 2.13. The molecule has 0 spiro atoms. The van der Waals surface area contributed by atoms with Crippen LogP contribution in [0.5, 0.6) is 0 Å². The monoisotopic (exact) mass is 325 g/mol. The van der Waals surface area contributed by atoms with Crippen molar-refractivity contribution in [1.82, 2.24) is 15.6 Å². The molecule has 2 rings (SSSR count). The number of aromatic nitrogens is 1. The molecule has 0 saturated heterocycles. The minimum atomic E-state index is -0.149. The van der Waals surface area contributed by atoms with E-state index in [-0.39, 0.29) is 12.5 Å². The quantitative estimate of drug-likeness (QED) is 0.561. The van der Waals surface area contributed by atoms with Crippen molar-refractivity contribution in [1.29, 1.82) is 0 Å². The van der Waals surface area contributed by atoms with Crippen LogP contribution in [0, 0.1) is 6.92 Å². The Bertz CT molecular complexity index is 685. The lowest BCUT2D eigenvalue weighted by Crippen LogP contribution is -2.41. The number of rotatable bonds is 6. The molecule has 3 N–H and O–H groups in total. The zero-order chi connectivity index (χ0) is 17.2. The summed E-state index contributed by atoms with van der Waals surface area (Å²) in [6.07, 6.45) is 3.27. The minimum Gasteiger partial charge on any atom is -0.357 e. The number of nitrogens with one attached hydrogen (secondary N) is 3. The first-order valence-corrected chi connectivity index (χ1v) is 7.95. The number of pyridine rings is 1. The maximum Gasteiger partial charge on any atom is 0.243 e. The summed E-state index contributed by atoms with van der Waals surface area (Å²) in [6.45, 7) is 5.46. The highest BCUT2D eigenvalue weighted by Crippen LogP contribution is 2.05. The highest BCUT2D eigenvalue weighted by atomic mass is 16.1. The number of aliphatic imine (C=N–C) groups is 1. The van der Waals surface area contributed by atoms with E-state index in [4.69, 9.17) is 0 Å². The minimum absolute atomic E-state index is 0.133. The number of aryl methyl sites for hydroxylation is 1. The molecule has 1 aromatic carbocycles. The number of carbonyl (C=O) groups is 1. The van der Waals surface area contributed by atoms with E-state index in [0.717, 1.165) is 12.1 Å². The van der Waals surface area contributed by atoms with Gasteiger partial charge >= 0.3 is 0 Å². The number of nitrogens with zero attached hydrogens (tertiary/aromatic N) is 2. The van der Waals surface area contributed by atoms with Crippen LogP contribution in [-0.2, 0) is 11.3 Å². The topological polar surface area (TPSA) is 78.4 Å². The van der Waals surface area contributed by atoms with E-state index in [1.54, 1.807) is 24.5 Å². The van der Waals surface area contributed by atoms with Crippen molar-refractivity contribution in [2.45, 2.75) is 20.4 Å². The molecule has 1 aromatic heterocycles. The van der Waals surface area contributed by atoms with Gasteiger partial charge in [-0.1, -0.05) is 29.8 Å². The Balaban J connectivity index is 1.88. The van der Waals surface area contributed by atoms with E-state index in [9.17, 15) is 4.79 Å². The van der Waals surface area contributed by atoms with Gasteiger partial charge in [0.15, 0.2) is 5.96 Å². The van der Waals surface area contributed by atoms with E-state index in [0.29, 0.717) is 18.2 Å². The second-order valence-electron chi connectivity index (χ2n) is 5.33. The number of benzene rings is 1. The van der Waals surface area contributed by atoms with Crippen molar-refractivity contribution in [3.63, 3.8) is 0 Å². The lowest BCUT2D eigenvalue weighted by atomic mass is 10.1. The van der Waals surface area contributed by atoms with Crippen molar-refractivity contribution < 1.29 is 4.79 Å². The summed E-state index contributed by atoms with van der Waals surface area (Å²) in [5.41, 5.74) is 3.01. The average Bonchev–Trinajstić information content (AvgIpc) is 2.58. The molecule has 0 atom stereocenters. The van der Waals surface area contributed by atoms with Gasteiger partial charge in [-0.15, -0.1) is 0 Å². The normalized spacial score (nSPS) is 11.0. The molecule has 24 heavy (non-hydrogen) atoms. The molecule has 0 aliphatic carbocycles. The van der Waals surface area contributed by atoms with Crippen LogP contribution in [0.2, 0.25) is 0 Å². The first-order chi connectivity index (χ1) is 11.7. The number of hydrogen-bond donors (Lipinski definition) is 3. The number of guanidine groups is 1. The molecule has 0 fully saturated rings. The van der Waals surface area contributed by atoms with Gasteiger partial charge in [-0.25, -0.2) is 4.99 Å². The standard InChI is InChI=1S/C18H23N5O/c1-3-20-18(21-11-15-7-4-6-14(2)10-15)22-13-17(24)23-16-8-5-9-19-12-16/h4-10,12H,3,11,13H2,1-2H3,(H,23,24)(H2,20,21,22). The van der Waals surface area contributed by atoms with Gasteiger partial charge in [0, 0.05) is 12.7 Å². The van der Waals surface area contributed by atoms with Crippen LogP contribution in [0.3, 0.4) is 0 Å². The van der Waals surface area contributed by atoms with Crippen LogP contribution in [-0.4, -0.2) is 29.9 Å². The maximum atomic E-state index is 12.0. The van der Waals surface area contributed by atoms with Crippen LogP contribution in [0.4, 0.5) is 5.69 Å². The van der Waals surface area contributed by atoms with Gasteiger partial charge in [-0.05, 0) is 31.5 Å². The van der Waals surface area contributed by atoms with Gasteiger partial charge < -0.3 is 16.0 Å². The van der Waals surface area contributed by atoms with Gasteiger partial charge in [0.25, 0.3) is 0 Å². The van der Waals surface area contributed by atoms with Crippen molar-refractivity contribution in [2.75, 3.05) is 18.4 Å². The lowest BCUT2D eigenvalue weighted by Gasteiger charge is -2.11. The molecule has 1 amide bonds. The fraction of sp³-hybridized carbons (Fsp3) is 0.278. The van der Waals surface area contributed by atoms with Crippen molar-refractivity contribution >= 4 is 17.6 Å². The molecular formula is C18H23N5O. The Hall–Kier alpha value is -2.89. The number of hydrogen-bond acceptors (Lipinski definition) is 3. The average molecular weight is 325 g/mol. The van der Waals surface area contributed by atoms with E-state index in [2.05, 4.69) is 45.0 Å². The third kappa shape index (κ3) is 6.08.